The lowest BCUT2D eigenvalue weighted by Gasteiger charge is -2.12. The molecule has 0 amide bonds. The van der Waals surface area contributed by atoms with Gasteiger partial charge in [-0.15, -0.1) is 11.3 Å². The van der Waals surface area contributed by atoms with Crippen molar-refractivity contribution in [2.45, 2.75) is 32.6 Å². The molecule has 1 aliphatic rings. The Morgan fingerprint density at radius 1 is 1.38 bits per heavy atom. The number of esters is 1. The number of allylic oxidation sites excluding steroid dienone is 1. The number of oxazole rings is 1. The van der Waals surface area contributed by atoms with Crippen LogP contribution in [0.3, 0.4) is 0 Å². The van der Waals surface area contributed by atoms with E-state index >= 15 is 0 Å². The number of hydrogen-bond donors (Lipinski definition) is 1. The summed E-state index contributed by atoms with van der Waals surface area (Å²) >= 11 is 7.51. The Morgan fingerprint density at radius 2 is 2.21 bits per heavy atom. The van der Waals surface area contributed by atoms with Gasteiger partial charge in [0.15, 0.2) is 11.9 Å². The molecule has 29 heavy (non-hydrogen) atoms. The molecule has 3 aromatic rings. The van der Waals surface area contributed by atoms with Gasteiger partial charge in [0.2, 0.25) is 5.89 Å². The molecule has 0 saturated heterocycles. The maximum Gasteiger partial charge on any atom is 0.341 e. The van der Waals surface area contributed by atoms with Crippen LogP contribution in [-0.2, 0) is 22.4 Å². The number of aryl methyl sites for hydroxylation is 1. The fourth-order valence-electron chi connectivity index (χ4n) is 3.40. The van der Waals surface area contributed by atoms with Crippen LogP contribution < -0.4 is 5.32 Å². The normalized spacial score (nSPS) is 13.9. The van der Waals surface area contributed by atoms with E-state index < -0.39 is 0 Å². The van der Waals surface area contributed by atoms with Crippen molar-refractivity contribution in [1.82, 2.24) is 4.98 Å². The molecule has 8 heteroatoms. The van der Waals surface area contributed by atoms with Gasteiger partial charge >= 0.3 is 5.97 Å². The zero-order valence-electron chi connectivity index (χ0n) is 15.8. The summed E-state index contributed by atoms with van der Waals surface area (Å²) in [6.07, 6.45) is 6.14. The average Bonchev–Trinajstić information content (AvgIpc) is 3.29. The van der Waals surface area contributed by atoms with E-state index in [0.29, 0.717) is 39.6 Å². The molecule has 1 N–H and O–H groups in total. The Labute approximate surface area is 176 Å². The first-order chi connectivity index (χ1) is 14.1. The molecule has 0 bridgehead atoms. The molecule has 0 saturated carbocycles. The van der Waals surface area contributed by atoms with Crippen LogP contribution in [0.4, 0.5) is 5.00 Å². The summed E-state index contributed by atoms with van der Waals surface area (Å²) in [6, 6.07) is 5.07. The van der Waals surface area contributed by atoms with Gasteiger partial charge in [-0.2, -0.15) is 0 Å². The van der Waals surface area contributed by atoms with Crippen LogP contribution >= 0.6 is 22.9 Å². The van der Waals surface area contributed by atoms with Crippen molar-refractivity contribution in [3.63, 3.8) is 0 Å². The number of hydrogen-bond acceptors (Lipinski definition) is 7. The van der Waals surface area contributed by atoms with Crippen molar-refractivity contribution in [3.8, 4) is 0 Å². The molecule has 0 aliphatic heterocycles. The van der Waals surface area contributed by atoms with Gasteiger partial charge in [-0.1, -0.05) is 11.6 Å². The van der Waals surface area contributed by atoms with Gasteiger partial charge in [-0.25, -0.2) is 9.78 Å². The molecule has 6 nitrogen and oxygen atoms in total. The van der Waals surface area contributed by atoms with E-state index in [4.69, 9.17) is 20.8 Å². The summed E-state index contributed by atoms with van der Waals surface area (Å²) in [5.74, 6) is -0.157. The summed E-state index contributed by atoms with van der Waals surface area (Å²) in [5.41, 5.74) is 2.96. The van der Waals surface area contributed by atoms with E-state index in [-0.39, 0.29) is 17.4 Å². The third kappa shape index (κ3) is 3.93. The molecule has 150 valence electrons. The lowest BCUT2D eigenvalue weighted by molar-refractivity contribution is -0.103. The maximum atomic E-state index is 12.5. The van der Waals surface area contributed by atoms with Crippen LogP contribution in [0, 0.1) is 0 Å². The number of carbonyl (C=O) groups excluding carboxylic acids is 2. The smallest absolute Gasteiger partial charge is 0.341 e. The van der Waals surface area contributed by atoms with Crippen LogP contribution in [-0.4, -0.2) is 23.8 Å². The third-order valence-electron chi connectivity index (χ3n) is 4.73. The molecule has 0 radical (unpaired) electrons. The van der Waals surface area contributed by atoms with Crippen LogP contribution in [0.2, 0.25) is 5.02 Å². The number of carbonyl (C=O) groups is 2. The number of anilines is 1. The van der Waals surface area contributed by atoms with E-state index in [1.807, 2.05) is 0 Å². The van der Waals surface area contributed by atoms with Crippen LogP contribution in [0.1, 0.15) is 46.5 Å². The first-order valence-corrected chi connectivity index (χ1v) is 10.6. The summed E-state index contributed by atoms with van der Waals surface area (Å²) in [4.78, 5) is 29.7. The quantitative estimate of drug-likeness (QED) is 0.326. The highest BCUT2D eigenvalue weighted by Crippen LogP contribution is 2.39. The van der Waals surface area contributed by atoms with E-state index in [0.717, 1.165) is 31.2 Å². The SMILES string of the molecule is CCOC(=O)c1c(N/C=C(\C=O)c2nc3cc(Cl)ccc3o2)sc2c1CCCC2. The summed E-state index contributed by atoms with van der Waals surface area (Å²) in [5, 5.41) is 4.33. The number of nitrogens with zero attached hydrogens (tertiary/aromatic N) is 1. The molecule has 0 fully saturated rings. The number of aromatic nitrogens is 1. The Hall–Kier alpha value is -2.64. The molecule has 2 aromatic heterocycles. The Balaban J connectivity index is 1.68. The van der Waals surface area contributed by atoms with Gasteiger partial charge in [0.05, 0.1) is 17.7 Å². The standard InChI is InChI=1S/C21H19ClN2O4S/c1-2-27-21(26)18-14-5-3-4-6-17(14)29-20(18)23-10-12(11-25)19-24-15-9-13(22)7-8-16(15)28-19/h7-11,23H,2-6H2,1H3/b12-10+. The van der Waals surface area contributed by atoms with Crippen molar-refractivity contribution in [3.05, 3.63) is 51.3 Å². The number of benzene rings is 1. The predicted octanol–water partition coefficient (Wildman–Crippen LogP) is 5.25. The third-order valence-corrected chi connectivity index (χ3v) is 6.19. The highest BCUT2D eigenvalue weighted by Gasteiger charge is 2.26. The molecule has 2 heterocycles. The van der Waals surface area contributed by atoms with Crippen LogP contribution in [0.5, 0.6) is 0 Å². The summed E-state index contributed by atoms with van der Waals surface area (Å²) in [6.45, 7) is 2.09. The Morgan fingerprint density at radius 3 is 3.00 bits per heavy atom. The van der Waals surface area contributed by atoms with E-state index in [1.165, 1.54) is 22.4 Å². The van der Waals surface area contributed by atoms with Crippen molar-refractivity contribution in [1.29, 1.82) is 0 Å². The zero-order chi connectivity index (χ0) is 20.4. The minimum atomic E-state index is -0.341. The molecular formula is C21H19ClN2O4S. The minimum Gasteiger partial charge on any atom is -0.462 e. The maximum absolute atomic E-state index is 12.5. The van der Waals surface area contributed by atoms with Crippen molar-refractivity contribution in [2.24, 2.45) is 0 Å². The first kappa shape index (κ1) is 19.7. The highest BCUT2D eigenvalue weighted by molar-refractivity contribution is 7.16. The van der Waals surface area contributed by atoms with Crippen LogP contribution in [0.25, 0.3) is 16.7 Å². The molecule has 4 rings (SSSR count). The molecule has 1 aromatic carbocycles. The minimum absolute atomic E-state index is 0.184. The molecular weight excluding hydrogens is 412 g/mol. The number of ether oxygens (including phenoxy) is 1. The first-order valence-electron chi connectivity index (χ1n) is 9.40. The fourth-order valence-corrected chi connectivity index (χ4v) is 4.81. The summed E-state index contributed by atoms with van der Waals surface area (Å²) in [7, 11) is 0. The van der Waals surface area contributed by atoms with Crippen molar-refractivity contribution >= 4 is 56.9 Å². The van der Waals surface area contributed by atoms with Gasteiger partial charge in [-0.3, -0.25) is 4.79 Å². The molecule has 0 atom stereocenters. The molecule has 0 unspecified atom stereocenters. The van der Waals surface area contributed by atoms with E-state index in [2.05, 4.69) is 10.3 Å². The van der Waals surface area contributed by atoms with Crippen LogP contribution in [0.15, 0.2) is 28.8 Å². The number of rotatable bonds is 6. The topological polar surface area (TPSA) is 81.4 Å². The van der Waals surface area contributed by atoms with Gasteiger partial charge in [0.1, 0.15) is 10.5 Å². The zero-order valence-corrected chi connectivity index (χ0v) is 17.4. The number of thiophene rings is 1. The van der Waals surface area contributed by atoms with Gasteiger partial charge in [0.25, 0.3) is 0 Å². The second kappa shape index (κ2) is 8.39. The average molecular weight is 431 g/mol. The molecule has 1 aliphatic carbocycles. The predicted molar refractivity (Wildman–Crippen MR) is 114 cm³/mol. The second-order valence-corrected chi connectivity index (χ2v) is 8.17. The monoisotopic (exact) mass is 430 g/mol. The number of fused-ring (bicyclic) bond motifs is 2. The number of halogens is 1. The Bertz CT molecular complexity index is 1120. The van der Waals surface area contributed by atoms with Gasteiger partial charge in [0, 0.05) is 16.1 Å². The van der Waals surface area contributed by atoms with Gasteiger partial charge in [-0.05, 0) is 56.4 Å². The Kier molecular flexibility index (Phi) is 5.69. The molecule has 0 spiro atoms. The highest BCUT2D eigenvalue weighted by atomic mass is 35.5. The van der Waals surface area contributed by atoms with Crippen molar-refractivity contribution in [2.75, 3.05) is 11.9 Å². The van der Waals surface area contributed by atoms with Gasteiger partial charge < -0.3 is 14.5 Å². The lowest BCUT2D eigenvalue weighted by atomic mass is 9.95. The fraction of sp³-hybridized carbons (Fsp3) is 0.286. The van der Waals surface area contributed by atoms with E-state index in [9.17, 15) is 9.59 Å². The largest absolute Gasteiger partial charge is 0.462 e. The second-order valence-electron chi connectivity index (χ2n) is 6.63. The summed E-state index contributed by atoms with van der Waals surface area (Å²) < 4.78 is 10.9. The van der Waals surface area contributed by atoms with E-state index in [1.54, 1.807) is 25.1 Å². The lowest BCUT2D eigenvalue weighted by Crippen LogP contribution is -2.10. The number of nitrogens with one attached hydrogen (secondary N) is 1. The number of aldehydes is 1. The van der Waals surface area contributed by atoms with Crippen molar-refractivity contribution < 1.29 is 18.7 Å².